The smallest absolute Gasteiger partial charge is 0.315 e. The molecule has 0 spiro atoms. The molecule has 0 bridgehead atoms. The molecule has 1 heterocycles. The van der Waals surface area contributed by atoms with E-state index in [-0.39, 0.29) is 11.9 Å². The highest BCUT2D eigenvalue weighted by molar-refractivity contribution is 5.78. The van der Waals surface area contributed by atoms with Crippen LogP contribution in [0.15, 0.2) is 0 Å². The standard InChI is InChI=1S/C14H25N3O2/c18-13(17-10-4-1-5-11-17)8-9-15-14(19)16-12-6-2-3-7-12/h12H,1-11H2,(H2,15,16,19). The summed E-state index contributed by atoms with van der Waals surface area (Å²) in [6, 6.07) is 0.205. The molecule has 2 N–H and O–H groups in total. The normalized spacial score (nSPS) is 20.3. The Bertz CT molecular complexity index is 308. The molecule has 5 heteroatoms. The second-order valence-electron chi connectivity index (χ2n) is 5.57. The van der Waals surface area contributed by atoms with Gasteiger partial charge in [-0.2, -0.15) is 0 Å². The van der Waals surface area contributed by atoms with Crippen LogP contribution < -0.4 is 10.6 Å². The molecule has 0 radical (unpaired) electrons. The summed E-state index contributed by atoms with van der Waals surface area (Å²) in [6.45, 7) is 2.20. The lowest BCUT2D eigenvalue weighted by Crippen LogP contribution is -2.43. The van der Waals surface area contributed by atoms with Crippen LogP contribution in [-0.4, -0.2) is 42.5 Å². The number of hydrogen-bond donors (Lipinski definition) is 2. The summed E-state index contributed by atoms with van der Waals surface area (Å²) >= 11 is 0. The molecule has 5 nitrogen and oxygen atoms in total. The van der Waals surface area contributed by atoms with Gasteiger partial charge in [-0.3, -0.25) is 4.79 Å². The number of nitrogens with one attached hydrogen (secondary N) is 2. The summed E-state index contributed by atoms with van der Waals surface area (Å²) < 4.78 is 0. The second kappa shape index (κ2) is 7.36. The molecule has 1 saturated heterocycles. The second-order valence-corrected chi connectivity index (χ2v) is 5.57. The third-order valence-corrected chi connectivity index (χ3v) is 4.02. The molecule has 0 unspecified atom stereocenters. The fourth-order valence-electron chi connectivity index (χ4n) is 2.89. The largest absolute Gasteiger partial charge is 0.343 e. The van der Waals surface area contributed by atoms with Gasteiger partial charge in [-0.25, -0.2) is 4.79 Å². The van der Waals surface area contributed by atoms with Gasteiger partial charge in [-0.1, -0.05) is 12.8 Å². The fourth-order valence-corrected chi connectivity index (χ4v) is 2.89. The van der Waals surface area contributed by atoms with Crippen molar-refractivity contribution in [1.82, 2.24) is 15.5 Å². The summed E-state index contributed by atoms with van der Waals surface area (Å²) in [5.74, 6) is 0.167. The SMILES string of the molecule is O=C(NCCC(=O)N1CCCCC1)NC1CCCC1. The molecule has 1 saturated carbocycles. The van der Waals surface area contributed by atoms with Crippen LogP contribution in [0.25, 0.3) is 0 Å². The first-order valence-electron chi connectivity index (χ1n) is 7.58. The summed E-state index contributed by atoms with van der Waals surface area (Å²) in [4.78, 5) is 25.4. The van der Waals surface area contributed by atoms with Crippen LogP contribution in [0.1, 0.15) is 51.4 Å². The number of piperidine rings is 1. The van der Waals surface area contributed by atoms with E-state index in [1.807, 2.05) is 4.90 Å². The zero-order valence-corrected chi connectivity index (χ0v) is 11.6. The van der Waals surface area contributed by atoms with Crippen molar-refractivity contribution in [3.05, 3.63) is 0 Å². The zero-order valence-electron chi connectivity index (χ0n) is 11.6. The summed E-state index contributed by atoms with van der Waals surface area (Å²) in [5, 5.41) is 5.74. The summed E-state index contributed by atoms with van der Waals surface area (Å²) in [7, 11) is 0. The van der Waals surface area contributed by atoms with Crippen LogP contribution >= 0.6 is 0 Å². The van der Waals surface area contributed by atoms with Crippen molar-refractivity contribution < 1.29 is 9.59 Å². The Labute approximate surface area is 115 Å². The third kappa shape index (κ3) is 4.73. The highest BCUT2D eigenvalue weighted by atomic mass is 16.2. The van der Waals surface area contributed by atoms with Gasteiger partial charge in [0.15, 0.2) is 0 Å². The number of urea groups is 1. The number of hydrogen-bond acceptors (Lipinski definition) is 2. The van der Waals surface area contributed by atoms with Crippen LogP contribution in [0.2, 0.25) is 0 Å². The molecule has 108 valence electrons. The van der Waals surface area contributed by atoms with E-state index in [1.165, 1.54) is 19.3 Å². The van der Waals surface area contributed by atoms with Gasteiger partial charge < -0.3 is 15.5 Å². The predicted octanol–water partition coefficient (Wildman–Crippen LogP) is 1.63. The Kier molecular flexibility index (Phi) is 5.48. The highest BCUT2D eigenvalue weighted by Crippen LogP contribution is 2.17. The van der Waals surface area contributed by atoms with Crippen molar-refractivity contribution in [2.45, 2.75) is 57.4 Å². The van der Waals surface area contributed by atoms with Crippen LogP contribution in [-0.2, 0) is 4.79 Å². The van der Waals surface area contributed by atoms with Gasteiger partial charge >= 0.3 is 6.03 Å². The van der Waals surface area contributed by atoms with Gasteiger partial charge in [0.1, 0.15) is 0 Å². The van der Waals surface area contributed by atoms with Crippen LogP contribution in [0.3, 0.4) is 0 Å². The molecular weight excluding hydrogens is 242 g/mol. The minimum Gasteiger partial charge on any atom is -0.343 e. The molecule has 19 heavy (non-hydrogen) atoms. The topological polar surface area (TPSA) is 61.4 Å². The van der Waals surface area contributed by atoms with E-state index in [9.17, 15) is 9.59 Å². The minimum atomic E-state index is -0.127. The number of carbonyl (C=O) groups is 2. The molecule has 0 atom stereocenters. The van der Waals surface area contributed by atoms with E-state index in [0.29, 0.717) is 19.0 Å². The quantitative estimate of drug-likeness (QED) is 0.813. The molecule has 1 aliphatic heterocycles. The fraction of sp³-hybridized carbons (Fsp3) is 0.857. The summed E-state index contributed by atoms with van der Waals surface area (Å²) in [5.41, 5.74) is 0. The first-order valence-corrected chi connectivity index (χ1v) is 7.58. The van der Waals surface area contributed by atoms with Crippen molar-refractivity contribution >= 4 is 11.9 Å². The average Bonchev–Trinajstić information content (AvgIpc) is 2.92. The molecule has 0 aromatic heterocycles. The van der Waals surface area contributed by atoms with E-state index in [1.54, 1.807) is 0 Å². The maximum Gasteiger partial charge on any atom is 0.315 e. The summed E-state index contributed by atoms with van der Waals surface area (Å²) in [6.07, 6.45) is 8.45. The lowest BCUT2D eigenvalue weighted by atomic mass is 10.1. The number of nitrogens with zero attached hydrogens (tertiary/aromatic N) is 1. The molecule has 1 aliphatic carbocycles. The minimum absolute atomic E-state index is 0.127. The van der Waals surface area contributed by atoms with Crippen molar-refractivity contribution in [2.75, 3.05) is 19.6 Å². The van der Waals surface area contributed by atoms with E-state index < -0.39 is 0 Å². The highest BCUT2D eigenvalue weighted by Gasteiger charge is 2.18. The first-order chi connectivity index (χ1) is 9.25. The molecule has 0 aromatic carbocycles. The van der Waals surface area contributed by atoms with Gasteiger partial charge in [0, 0.05) is 32.1 Å². The lowest BCUT2D eigenvalue weighted by Gasteiger charge is -2.26. The van der Waals surface area contributed by atoms with Crippen molar-refractivity contribution in [3.63, 3.8) is 0 Å². The Morgan fingerprint density at radius 3 is 2.37 bits per heavy atom. The molecule has 2 aliphatic rings. The molecule has 2 rings (SSSR count). The Hall–Kier alpha value is -1.26. The van der Waals surface area contributed by atoms with Crippen LogP contribution in [0.4, 0.5) is 4.79 Å². The number of amides is 3. The van der Waals surface area contributed by atoms with Crippen molar-refractivity contribution in [3.8, 4) is 0 Å². The van der Waals surface area contributed by atoms with Crippen molar-refractivity contribution in [2.24, 2.45) is 0 Å². The predicted molar refractivity (Wildman–Crippen MR) is 73.8 cm³/mol. The van der Waals surface area contributed by atoms with Gasteiger partial charge in [0.05, 0.1) is 0 Å². The van der Waals surface area contributed by atoms with E-state index in [4.69, 9.17) is 0 Å². The van der Waals surface area contributed by atoms with Crippen molar-refractivity contribution in [1.29, 1.82) is 0 Å². The third-order valence-electron chi connectivity index (χ3n) is 4.02. The van der Waals surface area contributed by atoms with E-state index in [0.717, 1.165) is 38.8 Å². The Balaban J connectivity index is 1.57. The Morgan fingerprint density at radius 2 is 1.68 bits per heavy atom. The first kappa shape index (κ1) is 14.2. The molecule has 3 amide bonds. The lowest BCUT2D eigenvalue weighted by molar-refractivity contribution is -0.131. The maximum atomic E-state index is 11.9. The van der Waals surface area contributed by atoms with Gasteiger partial charge in [-0.05, 0) is 32.1 Å². The van der Waals surface area contributed by atoms with Crippen LogP contribution in [0.5, 0.6) is 0 Å². The van der Waals surface area contributed by atoms with E-state index >= 15 is 0 Å². The van der Waals surface area contributed by atoms with E-state index in [2.05, 4.69) is 10.6 Å². The monoisotopic (exact) mass is 267 g/mol. The maximum absolute atomic E-state index is 11.9. The Morgan fingerprint density at radius 1 is 1.00 bits per heavy atom. The molecule has 2 fully saturated rings. The number of rotatable bonds is 4. The zero-order chi connectivity index (χ0) is 13.5. The molecular formula is C14H25N3O2. The number of carbonyl (C=O) groups excluding carboxylic acids is 2. The van der Waals surface area contributed by atoms with Gasteiger partial charge in [0.2, 0.25) is 5.91 Å². The molecule has 0 aromatic rings. The van der Waals surface area contributed by atoms with Crippen LogP contribution in [0, 0.1) is 0 Å². The van der Waals surface area contributed by atoms with Gasteiger partial charge in [-0.15, -0.1) is 0 Å². The average molecular weight is 267 g/mol. The van der Waals surface area contributed by atoms with Gasteiger partial charge in [0.25, 0.3) is 0 Å². The number of likely N-dealkylation sites (tertiary alicyclic amines) is 1.